The summed E-state index contributed by atoms with van der Waals surface area (Å²) in [6, 6.07) is 4.55. The van der Waals surface area contributed by atoms with Crippen LogP contribution >= 0.6 is 11.6 Å². The van der Waals surface area contributed by atoms with Gasteiger partial charge in [-0.25, -0.2) is 4.39 Å². The van der Waals surface area contributed by atoms with E-state index < -0.39 is 11.7 Å². The minimum absolute atomic E-state index is 0.211. The molecule has 5 heteroatoms. The zero-order chi connectivity index (χ0) is 14.8. The molecular weight excluding hydrogens is 267 g/mol. The van der Waals surface area contributed by atoms with Gasteiger partial charge in [-0.2, -0.15) is 0 Å². The number of primary amides is 1. The SMILES string of the molecule is CCl.Cc1cc(F)cc(C(N)=O)c1.NC1CCCC1. The fraction of sp³-hybridized carbons (Fsp3) is 0.500. The van der Waals surface area contributed by atoms with Crippen molar-refractivity contribution in [1.29, 1.82) is 0 Å². The summed E-state index contributed by atoms with van der Waals surface area (Å²) in [5, 5.41) is 0. The molecule has 4 N–H and O–H groups in total. The summed E-state index contributed by atoms with van der Waals surface area (Å²) in [6.45, 7) is 1.70. The van der Waals surface area contributed by atoms with Gasteiger partial charge in [0.15, 0.2) is 0 Å². The van der Waals surface area contributed by atoms with Crippen LogP contribution in [-0.2, 0) is 0 Å². The van der Waals surface area contributed by atoms with E-state index in [1.54, 1.807) is 13.0 Å². The summed E-state index contributed by atoms with van der Waals surface area (Å²) >= 11 is 4.64. The van der Waals surface area contributed by atoms with Crippen LogP contribution in [0.5, 0.6) is 0 Å². The molecule has 0 unspecified atom stereocenters. The number of benzene rings is 1. The number of amides is 1. The Morgan fingerprint density at radius 3 is 2.11 bits per heavy atom. The van der Waals surface area contributed by atoms with Crippen molar-refractivity contribution in [3.8, 4) is 0 Å². The molecule has 0 spiro atoms. The predicted molar refractivity (Wildman–Crippen MR) is 77.9 cm³/mol. The second-order valence-electron chi connectivity index (χ2n) is 4.43. The lowest BCUT2D eigenvalue weighted by Gasteiger charge is -1.97. The number of alkyl halides is 1. The minimum Gasteiger partial charge on any atom is -0.366 e. The minimum atomic E-state index is -0.604. The first-order valence-electron chi connectivity index (χ1n) is 6.19. The zero-order valence-electron chi connectivity index (χ0n) is 11.5. The van der Waals surface area contributed by atoms with Crippen molar-refractivity contribution in [3.63, 3.8) is 0 Å². The van der Waals surface area contributed by atoms with Crippen LogP contribution in [0.3, 0.4) is 0 Å². The molecule has 3 nitrogen and oxygen atoms in total. The van der Waals surface area contributed by atoms with E-state index in [1.807, 2.05) is 0 Å². The van der Waals surface area contributed by atoms with Gasteiger partial charge in [0.1, 0.15) is 5.82 Å². The standard InChI is InChI=1S/C8H8FNO.C5H11N.CH3Cl/c1-5-2-6(8(10)11)4-7(9)3-5;6-5-3-1-2-4-5;1-2/h2-4H,1H3,(H2,10,11);5H,1-4,6H2;1H3. The van der Waals surface area contributed by atoms with E-state index in [0.29, 0.717) is 11.6 Å². The van der Waals surface area contributed by atoms with Crippen LogP contribution in [0.2, 0.25) is 0 Å². The highest BCUT2D eigenvalue weighted by Gasteiger charge is 2.07. The first kappa shape index (κ1) is 17.9. The lowest BCUT2D eigenvalue weighted by atomic mass is 10.1. The van der Waals surface area contributed by atoms with Crippen molar-refractivity contribution in [3.05, 3.63) is 35.1 Å². The summed E-state index contributed by atoms with van der Waals surface area (Å²) in [4.78, 5) is 10.6. The average Bonchev–Trinajstić information content (AvgIpc) is 2.82. The molecule has 108 valence electrons. The van der Waals surface area contributed by atoms with Crippen molar-refractivity contribution < 1.29 is 9.18 Å². The number of hydrogen-bond acceptors (Lipinski definition) is 2. The van der Waals surface area contributed by atoms with E-state index in [0.717, 1.165) is 6.07 Å². The van der Waals surface area contributed by atoms with Gasteiger partial charge in [0.2, 0.25) is 5.91 Å². The first-order valence-corrected chi connectivity index (χ1v) is 6.95. The maximum atomic E-state index is 12.6. The third-order valence-corrected chi connectivity index (χ3v) is 2.73. The molecule has 1 aromatic rings. The highest BCUT2D eigenvalue weighted by molar-refractivity contribution is 6.15. The van der Waals surface area contributed by atoms with E-state index in [2.05, 4.69) is 11.6 Å². The van der Waals surface area contributed by atoms with Gasteiger partial charge in [-0.3, -0.25) is 4.79 Å². The molecule has 1 fully saturated rings. The Hall–Kier alpha value is -1.13. The Bertz CT molecular complexity index is 373. The van der Waals surface area contributed by atoms with Gasteiger partial charge in [-0.15, -0.1) is 11.6 Å². The van der Waals surface area contributed by atoms with Crippen LogP contribution in [0.25, 0.3) is 0 Å². The molecule has 2 rings (SSSR count). The Kier molecular flexibility index (Phi) is 9.17. The fourth-order valence-corrected chi connectivity index (χ4v) is 1.84. The lowest BCUT2D eigenvalue weighted by Crippen LogP contribution is -2.13. The molecule has 1 aliphatic carbocycles. The molecule has 0 heterocycles. The molecule has 0 atom stereocenters. The maximum Gasteiger partial charge on any atom is 0.248 e. The molecule has 19 heavy (non-hydrogen) atoms. The van der Waals surface area contributed by atoms with E-state index >= 15 is 0 Å². The van der Waals surface area contributed by atoms with E-state index in [4.69, 9.17) is 11.5 Å². The predicted octanol–water partition coefficient (Wildman–Crippen LogP) is 2.98. The van der Waals surface area contributed by atoms with E-state index in [-0.39, 0.29) is 5.56 Å². The second-order valence-corrected chi connectivity index (χ2v) is 4.43. The summed E-state index contributed by atoms with van der Waals surface area (Å²) in [7, 11) is 0. The van der Waals surface area contributed by atoms with Crippen molar-refractivity contribution >= 4 is 17.5 Å². The number of halogens is 2. The van der Waals surface area contributed by atoms with Crippen LogP contribution in [0.1, 0.15) is 41.6 Å². The molecule has 0 aliphatic heterocycles. The molecule has 0 saturated heterocycles. The van der Waals surface area contributed by atoms with Gasteiger partial charge in [0, 0.05) is 18.0 Å². The lowest BCUT2D eigenvalue weighted by molar-refractivity contribution is 0.1000. The Labute approximate surface area is 119 Å². The van der Waals surface area contributed by atoms with E-state index in [9.17, 15) is 9.18 Å². The van der Waals surface area contributed by atoms with Crippen LogP contribution in [0.15, 0.2) is 18.2 Å². The maximum absolute atomic E-state index is 12.6. The fourth-order valence-electron chi connectivity index (χ4n) is 1.84. The molecule has 1 aliphatic rings. The smallest absolute Gasteiger partial charge is 0.248 e. The quantitative estimate of drug-likeness (QED) is 0.780. The second kappa shape index (κ2) is 9.75. The van der Waals surface area contributed by atoms with Gasteiger partial charge in [0.25, 0.3) is 0 Å². The normalized spacial score (nSPS) is 13.9. The molecule has 0 aromatic heterocycles. The molecule has 1 saturated carbocycles. The zero-order valence-corrected chi connectivity index (χ0v) is 12.2. The number of rotatable bonds is 1. The number of carbonyl (C=O) groups excluding carboxylic acids is 1. The number of carbonyl (C=O) groups is 1. The van der Waals surface area contributed by atoms with Crippen molar-refractivity contribution in [2.45, 2.75) is 38.6 Å². The van der Waals surface area contributed by atoms with Gasteiger partial charge < -0.3 is 11.5 Å². The Balaban J connectivity index is 0.000000341. The molecule has 0 bridgehead atoms. The average molecular weight is 289 g/mol. The van der Waals surface area contributed by atoms with E-state index in [1.165, 1.54) is 38.1 Å². The summed E-state index contributed by atoms with van der Waals surface area (Å²) in [5.74, 6) is -1.04. The molecule has 1 amide bonds. The van der Waals surface area contributed by atoms with Crippen molar-refractivity contribution in [2.75, 3.05) is 6.38 Å². The summed E-state index contributed by atoms with van der Waals surface area (Å²) in [6.07, 6.45) is 6.72. The van der Waals surface area contributed by atoms with Gasteiger partial charge >= 0.3 is 0 Å². The Morgan fingerprint density at radius 1 is 1.26 bits per heavy atom. The van der Waals surface area contributed by atoms with Gasteiger partial charge in [0.05, 0.1) is 0 Å². The Morgan fingerprint density at radius 2 is 1.79 bits per heavy atom. The van der Waals surface area contributed by atoms with Crippen LogP contribution in [0.4, 0.5) is 4.39 Å². The third-order valence-electron chi connectivity index (χ3n) is 2.73. The topological polar surface area (TPSA) is 69.1 Å². The van der Waals surface area contributed by atoms with Crippen LogP contribution < -0.4 is 11.5 Å². The summed E-state index contributed by atoms with van der Waals surface area (Å²) < 4.78 is 12.6. The number of aryl methyl sites for hydroxylation is 1. The van der Waals surface area contributed by atoms with Crippen molar-refractivity contribution in [1.82, 2.24) is 0 Å². The molecule has 1 aromatic carbocycles. The van der Waals surface area contributed by atoms with Crippen molar-refractivity contribution in [2.24, 2.45) is 11.5 Å². The number of hydrogen-bond donors (Lipinski definition) is 2. The molecular formula is C14H22ClFN2O. The van der Waals surface area contributed by atoms with Gasteiger partial charge in [-0.1, -0.05) is 12.8 Å². The first-order chi connectivity index (χ1) is 8.99. The highest BCUT2D eigenvalue weighted by Crippen LogP contribution is 2.14. The summed E-state index contributed by atoms with van der Waals surface area (Å²) in [5.41, 5.74) is 11.4. The molecule has 0 radical (unpaired) electrons. The van der Waals surface area contributed by atoms with Crippen LogP contribution in [0, 0.1) is 12.7 Å². The highest BCUT2D eigenvalue weighted by atomic mass is 35.5. The third kappa shape index (κ3) is 7.80. The van der Waals surface area contributed by atoms with Crippen LogP contribution in [-0.4, -0.2) is 18.3 Å². The number of nitrogens with two attached hydrogens (primary N) is 2. The monoisotopic (exact) mass is 288 g/mol. The van der Waals surface area contributed by atoms with Gasteiger partial charge in [-0.05, 0) is 43.5 Å². The largest absolute Gasteiger partial charge is 0.366 e.